The molecule has 1 atom stereocenters. The predicted octanol–water partition coefficient (Wildman–Crippen LogP) is 3.80. The summed E-state index contributed by atoms with van der Waals surface area (Å²) in [4.78, 5) is 8.60. The Labute approximate surface area is 147 Å². The minimum atomic E-state index is 0.0602. The van der Waals surface area contributed by atoms with Gasteiger partial charge in [0.15, 0.2) is 0 Å². The van der Waals surface area contributed by atoms with Gasteiger partial charge in [0, 0.05) is 18.5 Å². The molecule has 0 radical (unpaired) electrons. The van der Waals surface area contributed by atoms with Crippen LogP contribution in [0.15, 0.2) is 48.8 Å². The third-order valence-electron chi connectivity index (χ3n) is 4.17. The Morgan fingerprint density at radius 1 is 1.08 bits per heavy atom. The van der Waals surface area contributed by atoms with E-state index in [0.717, 1.165) is 27.8 Å². The van der Waals surface area contributed by atoms with Crippen LogP contribution < -0.4 is 5.32 Å². The van der Waals surface area contributed by atoms with Crippen molar-refractivity contribution in [2.75, 3.05) is 25.1 Å². The van der Waals surface area contributed by atoms with Gasteiger partial charge in [-0.3, -0.25) is 0 Å². The summed E-state index contributed by atoms with van der Waals surface area (Å²) >= 11 is 0. The van der Waals surface area contributed by atoms with Crippen LogP contribution in [-0.4, -0.2) is 34.8 Å². The van der Waals surface area contributed by atoms with Gasteiger partial charge in [-0.1, -0.05) is 30.3 Å². The zero-order valence-corrected chi connectivity index (χ0v) is 14.6. The van der Waals surface area contributed by atoms with Crippen LogP contribution in [0.1, 0.15) is 25.5 Å². The molecule has 25 heavy (non-hydrogen) atoms. The van der Waals surface area contributed by atoms with E-state index < -0.39 is 0 Å². The van der Waals surface area contributed by atoms with Crippen molar-refractivity contribution in [2.24, 2.45) is 0 Å². The largest absolute Gasteiger partial charge is 0.395 e. The van der Waals surface area contributed by atoms with Gasteiger partial charge in [0.2, 0.25) is 0 Å². The molecule has 1 heterocycles. The molecule has 1 unspecified atom stereocenters. The molecule has 5 nitrogen and oxygen atoms in total. The van der Waals surface area contributed by atoms with E-state index in [9.17, 15) is 0 Å². The molecule has 2 N–H and O–H groups in total. The second kappa shape index (κ2) is 8.05. The summed E-state index contributed by atoms with van der Waals surface area (Å²) in [6.07, 6.45) is 1.63. The van der Waals surface area contributed by atoms with E-state index in [1.165, 1.54) is 11.9 Å². The maximum absolute atomic E-state index is 9.03. The molecule has 0 aliphatic rings. The highest BCUT2D eigenvalue weighted by Crippen LogP contribution is 2.28. The Balaban J connectivity index is 1.93. The molecule has 2 aromatic carbocycles. The lowest BCUT2D eigenvalue weighted by Gasteiger charge is -2.13. The quantitative estimate of drug-likeness (QED) is 0.686. The van der Waals surface area contributed by atoms with Crippen molar-refractivity contribution >= 4 is 16.7 Å². The van der Waals surface area contributed by atoms with Crippen LogP contribution in [0.3, 0.4) is 0 Å². The van der Waals surface area contributed by atoms with Crippen LogP contribution in [0.25, 0.3) is 22.0 Å². The molecular weight excluding hydrogens is 314 g/mol. The highest BCUT2D eigenvalue weighted by molar-refractivity contribution is 5.92. The first-order valence-electron chi connectivity index (χ1n) is 8.54. The molecule has 1 aromatic heterocycles. The first kappa shape index (κ1) is 17.3. The fraction of sp³-hybridized carbons (Fsp3) is 0.300. The van der Waals surface area contributed by atoms with Crippen LogP contribution in [0, 0.1) is 0 Å². The van der Waals surface area contributed by atoms with Gasteiger partial charge in [0.1, 0.15) is 12.1 Å². The number of ether oxygens (including phenoxy) is 1. The van der Waals surface area contributed by atoms with Gasteiger partial charge in [-0.05, 0) is 42.7 Å². The zero-order valence-electron chi connectivity index (χ0n) is 14.6. The Morgan fingerprint density at radius 3 is 2.56 bits per heavy atom. The van der Waals surface area contributed by atoms with E-state index in [4.69, 9.17) is 9.84 Å². The number of anilines is 1. The summed E-state index contributed by atoms with van der Waals surface area (Å²) in [6.45, 7) is 5.29. The number of hydrogen-bond acceptors (Lipinski definition) is 5. The van der Waals surface area contributed by atoms with Gasteiger partial charge in [-0.25, -0.2) is 9.97 Å². The molecule has 3 aromatic rings. The number of aliphatic hydroxyl groups is 1. The number of fused-ring (bicyclic) bond motifs is 1. The highest BCUT2D eigenvalue weighted by atomic mass is 16.5. The van der Waals surface area contributed by atoms with Crippen molar-refractivity contribution < 1.29 is 9.84 Å². The summed E-state index contributed by atoms with van der Waals surface area (Å²) < 4.78 is 5.64. The van der Waals surface area contributed by atoms with E-state index in [2.05, 4.69) is 58.6 Å². The first-order chi connectivity index (χ1) is 12.2. The van der Waals surface area contributed by atoms with Crippen LogP contribution in [0.2, 0.25) is 0 Å². The van der Waals surface area contributed by atoms with Crippen LogP contribution in [0.5, 0.6) is 0 Å². The van der Waals surface area contributed by atoms with Gasteiger partial charge in [-0.15, -0.1) is 0 Å². The molecule has 5 heteroatoms. The zero-order chi connectivity index (χ0) is 17.6. The molecule has 0 aliphatic carbocycles. The predicted molar refractivity (Wildman–Crippen MR) is 101 cm³/mol. The SMILES string of the molecule is CCOC(C)c1ccc(-c2ccc3ncnc(NCCO)c3c2)cc1. The van der Waals surface area contributed by atoms with Crippen LogP contribution in [-0.2, 0) is 4.74 Å². The second-order valence-corrected chi connectivity index (χ2v) is 5.82. The summed E-state index contributed by atoms with van der Waals surface area (Å²) in [6, 6.07) is 14.6. The molecule has 0 saturated carbocycles. The molecule has 3 rings (SSSR count). The van der Waals surface area contributed by atoms with Crippen molar-refractivity contribution in [2.45, 2.75) is 20.0 Å². The van der Waals surface area contributed by atoms with Gasteiger partial charge in [0.25, 0.3) is 0 Å². The Hall–Kier alpha value is -2.50. The molecular formula is C20H23N3O2. The second-order valence-electron chi connectivity index (χ2n) is 5.82. The molecule has 0 bridgehead atoms. The molecule has 0 fully saturated rings. The number of aliphatic hydroxyl groups excluding tert-OH is 1. The fourth-order valence-electron chi connectivity index (χ4n) is 2.84. The van der Waals surface area contributed by atoms with Crippen molar-refractivity contribution in [3.05, 3.63) is 54.4 Å². The number of aromatic nitrogens is 2. The van der Waals surface area contributed by atoms with Crippen molar-refractivity contribution in [1.82, 2.24) is 9.97 Å². The highest BCUT2D eigenvalue weighted by Gasteiger charge is 2.08. The number of rotatable bonds is 7. The van der Waals surface area contributed by atoms with E-state index in [1.807, 2.05) is 13.0 Å². The van der Waals surface area contributed by atoms with Gasteiger partial charge >= 0.3 is 0 Å². The first-order valence-corrected chi connectivity index (χ1v) is 8.54. The Kier molecular flexibility index (Phi) is 5.58. The normalized spacial score (nSPS) is 12.3. The Bertz CT molecular complexity index is 834. The molecule has 0 aliphatic heterocycles. The topological polar surface area (TPSA) is 67.3 Å². The van der Waals surface area contributed by atoms with Crippen LogP contribution in [0.4, 0.5) is 5.82 Å². The van der Waals surface area contributed by atoms with Gasteiger partial charge in [-0.2, -0.15) is 0 Å². The van der Waals surface area contributed by atoms with E-state index in [0.29, 0.717) is 13.2 Å². The number of hydrogen-bond donors (Lipinski definition) is 2. The Morgan fingerprint density at radius 2 is 1.84 bits per heavy atom. The standard InChI is InChI=1S/C20H23N3O2/c1-3-25-14(2)15-4-6-16(7-5-15)17-8-9-19-18(12-17)20(21-10-11-24)23-13-22-19/h4-9,12-14,24H,3,10-11H2,1-2H3,(H,21,22,23). The fourth-order valence-corrected chi connectivity index (χ4v) is 2.84. The maximum Gasteiger partial charge on any atom is 0.137 e. The molecule has 0 saturated heterocycles. The number of nitrogens with zero attached hydrogens (tertiary/aromatic N) is 2. The molecule has 0 spiro atoms. The van der Waals surface area contributed by atoms with Crippen molar-refractivity contribution in [3.8, 4) is 11.1 Å². The summed E-state index contributed by atoms with van der Waals surface area (Å²) in [5.74, 6) is 0.738. The number of benzene rings is 2. The third kappa shape index (κ3) is 3.95. The summed E-state index contributed by atoms with van der Waals surface area (Å²) in [5.41, 5.74) is 4.28. The van der Waals surface area contributed by atoms with Crippen molar-refractivity contribution in [3.63, 3.8) is 0 Å². The lowest BCUT2D eigenvalue weighted by molar-refractivity contribution is 0.0764. The van der Waals surface area contributed by atoms with Crippen molar-refractivity contribution in [1.29, 1.82) is 0 Å². The minimum absolute atomic E-state index is 0.0602. The van der Waals surface area contributed by atoms with Gasteiger partial charge < -0.3 is 15.2 Å². The van der Waals surface area contributed by atoms with Crippen LogP contribution >= 0.6 is 0 Å². The van der Waals surface area contributed by atoms with E-state index in [1.54, 1.807) is 0 Å². The summed E-state index contributed by atoms with van der Waals surface area (Å²) in [7, 11) is 0. The number of nitrogens with one attached hydrogen (secondary N) is 1. The smallest absolute Gasteiger partial charge is 0.137 e. The molecule has 0 amide bonds. The van der Waals surface area contributed by atoms with E-state index >= 15 is 0 Å². The lowest BCUT2D eigenvalue weighted by Crippen LogP contribution is -2.07. The monoisotopic (exact) mass is 337 g/mol. The average molecular weight is 337 g/mol. The third-order valence-corrected chi connectivity index (χ3v) is 4.17. The lowest BCUT2D eigenvalue weighted by atomic mass is 10.0. The average Bonchev–Trinajstić information content (AvgIpc) is 2.66. The summed E-state index contributed by atoms with van der Waals surface area (Å²) in [5, 5.41) is 13.1. The molecule has 130 valence electrons. The van der Waals surface area contributed by atoms with E-state index in [-0.39, 0.29) is 12.7 Å². The van der Waals surface area contributed by atoms with Gasteiger partial charge in [0.05, 0.1) is 18.2 Å². The minimum Gasteiger partial charge on any atom is -0.395 e. The maximum atomic E-state index is 9.03.